The van der Waals surface area contributed by atoms with Crippen LogP contribution in [0.25, 0.3) is 0 Å². The van der Waals surface area contributed by atoms with Gasteiger partial charge in [0.15, 0.2) is 12.2 Å². The van der Waals surface area contributed by atoms with E-state index in [1.54, 1.807) is 0 Å². The number of ether oxygens (including phenoxy) is 4. The van der Waals surface area contributed by atoms with Gasteiger partial charge < -0.3 is 33.8 Å². The summed E-state index contributed by atoms with van der Waals surface area (Å²) in [6.45, 7) is 7.24. The summed E-state index contributed by atoms with van der Waals surface area (Å²) in [6, 6.07) is 0. The first-order valence-electron chi connectivity index (χ1n) is 44.0. The van der Waals surface area contributed by atoms with Crippen molar-refractivity contribution in [3.05, 3.63) is 24.3 Å². The molecule has 0 bridgehead atoms. The number of allylic oxidation sites excluding steroid dienone is 4. The fourth-order valence-electron chi connectivity index (χ4n) is 12.9. The van der Waals surface area contributed by atoms with Crippen LogP contribution in [0.3, 0.4) is 0 Å². The topological polar surface area (TPSA) is 237 Å². The number of phosphoric acid groups is 2. The van der Waals surface area contributed by atoms with Gasteiger partial charge in [-0.15, -0.1) is 0 Å². The Kier molecular flexibility index (Phi) is 76.4. The molecule has 0 aliphatic heterocycles. The number of hydrogen-bond acceptors (Lipinski definition) is 15. The van der Waals surface area contributed by atoms with Gasteiger partial charge in [-0.1, -0.05) is 386 Å². The molecule has 0 rings (SSSR count). The average Bonchev–Trinajstić information content (AvgIpc) is 0.917. The Labute approximate surface area is 643 Å². The number of aliphatic hydroxyl groups excluding tert-OH is 1. The highest BCUT2D eigenvalue weighted by Gasteiger charge is 2.30. The molecule has 6 atom stereocenters. The zero-order chi connectivity index (χ0) is 76.9. The molecule has 0 aromatic rings. The monoisotopic (exact) mass is 1530 g/mol. The molecule has 105 heavy (non-hydrogen) atoms. The minimum absolute atomic E-state index is 0.0846. The Hall–Kier alpha value is -2.46. The Morgan fingerprint density at radius 3 is 0.810 bits per heavy atom. The third-order valence-corrected chi connectivity index (χ3v) is 21.9. The first kappa shape index (κ1) is 103. The molecule has 0 heterocycles. The van der Waals surface area contributed by atoms with Crippen molar-refractivity contribution in [2.24, 2.45) is 5.92 Å². The fourth-order valence-corrected chi connectivity index (χ4v) is 14.5. The molecule has 3 N–H and O–H groups in total. The molecular formula is C86H164O17P2. The van der Waals surface area contributed by atoms with Crippen LogP contribution in [0.2, 0.25) is 0 Å². The van der Waals surface area contributed by atoms with Gasteiger partial charge in [-0.05, 0) is 57.3 Å². The first-order chi connectivity index (χ1) is 51.1. The third kappa shape index (κ3) is 78.0. The van der Waals surface area contributed by atoms with Gasteiger partial charge in [-0.2, -0.15) is 0 Å². The molecular weight excluding hydrogens is 1370 g/mol. The van der Waals surface area contributed by atoms with Crippen molar-refractivity contribution in [1.82, 2.24) is 0 Å². The van der Waals surface area contributed by atoms with Crippen LogP contribution in [0.4, 0.5) is 0 Å². The second-order valence-corrected chi connectivity index (χ2v) is 33.4. The number of phosphoric ester groups is 2. The van der Waals surface area contributed by atoms with Gasteiger partial charge in [0.05, 0.1) is 26.4 Å². The lowest BCUT2D eigenvalue weighted by Gasteiger charge is -2.21. The number of esters is 4. The summed E-state index contributed by atoms with van der Waals surface area (Å²) in [5.41, 5.74) is 0. The summed E-state index contributed by atoms with van der Waals surface area (Å²) in [7, 11) is -9.94. The van der Waals surface area contributed by atoms with E-state index < -0.39 is 97.5 Å². The van der Waals surface area contributed by atoms with E-state index in [0.29, 0.717) is 25.7 Å². The van der Waals surface area contributed by atoms with Crippen molar-refractivity contribution >= 4 is 39.5 Å². The van der Waals surface area contributed by atoms with Crippen LogP contribution in [-0.4, -0.2) is 96.7 Å². The van der Waals surface area contributed by atoms with Crippen molar-refractivity contribution in [3.63, 3.8) is 0 Å². The lowest BCUT2D eigenvalue weighted by molar-refractivity contribution is -0.161. The molecule has 17 nitrogen and oxygen atoms in total. The first-order valence-corrected chi connectivity index (χ1v) is 47.0. The molecule has 0 saturated heterocycles. The fraction of sp³-hybridized carbons (Fsp3) is 0.907. The lowest BCUT2D eigenvalue weighted by Crippen LogP contribution is -2.30. The highest BCUT2D eigenvalue weighted by molar-refractivity contribution is 7.47. The maximum atomic E-state index is 13.1. The Morgan fingerprint density at radius 2 is 0.533 bits per heavy atom. The summed E-state index contributed by atoms with van der Waals surface area (Å²) in [6.07, 6.45) is 74.6. The molecule has 0 spiro atoms. The second kappa shape index (κ2) is 78.2. The van der Waals surface area contributed by atoms with Crippen LogP contribution >= 0.6 is 15.6 Å². The van der Waals surface area contributed by atoms with Gasteiger partial charge >= 0.3 is 39.5 Å². The summed E-state index contributed by atoms with van der Waals surface area (Å²) >= 11 is 0. The van der Waals surface area contributed by atoms with Crippen LogP contribution in [0.5, 0.6) is 0 Å². The van der Waals surface area contributed by atoms with Crippen molar-refractivity contribution < 1.29 is 80.2 Å². The van der Waals surface area contributed by atoms with Crippen molar-refractivity contribution in [2.45, 2.75) is 457 Å². The Bertz CT molecular complexity index is 2090. The minimum Gasteiger partial charge on any atom is -0.462 e. The average molecular weight is 1530 g/mol. The SMILES string of the molecule is CCCCCC/C=C\C=C/CCCCCCCC(=O)O[C@H](COC(=O)CCCCCCCCC(C)CC)COP(=O)(O)OC[C@H](O)COP(=O)(O)OC[C@@H](COC(=O)CCCCCCCCCCCCCCCCCCCC)OC(=O)CCCCCCCCCCCCCCCCCCCCCCCC. The van der Waals surface area contributed by atoms with E-state index in [4.69, 9.17) is 37.0 Å². The van der Waals surface area contributed by atoms with Crippen LogP contribution in [0.1, 0.15) is 439 Å². The number of carbonyl (C=O) groups is 4. The predicted octanol–water partition coefficient (Wildman–Crippen LogP) is 25.9. The normalized spacial score (nSPS) is 14.2. The molecule has 0 amide bonds. The molecule has 620 valence electrons. The maximum Gasteiger partial charge on any atom is 0.472 e. The Morgan fingerprint density at radius 1 is 0.305 bits per heavy atom. The number of unbranched alkanes of at least 4 members (excludes halogenated alkanes) is 52. The highest BCUT2D eigenvalue weighted by Crippen LogP contribution is 2.45. The minimum atomic E-state index is -4.97. The van der Waals surface area contributed by atoms with E-state index in [1.165, 1.54) is 244 Å². The van der Waals surface area contributed by atoms with Gasteiger partial charge in [0.2, 0.25) is 0 Å². The van der Waals surface area contributed by atoms with E-state index in [-0.39, 0.29) is 25.7 Å². The van der Waals surface area contributed by atoms with Gasteiger partial charge in [0.25, 0.3) is 0 Å². The third-order valence-electron chi connectivity index (χ3n) is 20.0. The van der Waals surface area contributed by atoms with Gasteiger partial charge in [0.1, 0.15) is 19.3 Å². The van der Waals surface area contributed by atoms with Gasteiger partial charge in [0, 0.05) is 25.7 Å². The van der Waals surface area contributed by atoms with E-state index in [0.717, 1.165) is 115 Å². The summed E-state index contributed by atoms with van der Waals surface area (Å²) in [5.74, 6) is -1.41. The second-order valence-electron chi connectivity index (χ2n) is 30.5. The number of aliphatic hydroxyl groups is 1. The largest absolute Gasteiger partial charge is 0.472 e. The zero-order valence-corrected chi connectivity index (χ0v) is 70.1. The maximum absolute atomic E-state index is 13.1. The van der Waals surface area contributed by atoms with Crippen LogP contribution < -0.4 is 0 Å². The molecule has 19 heteroatoms. The van der Waals surface area contributed by atoms with Crippen molar-refractivity contribution in [2.75, 3.05) is 39.6 Å². The van der Waals surface area contributed by atoms with Gasteiger partial charge in [-0.25, -0.2) is 9.13 Å². The standard InChI is InChI=1S/C86H164O17P2/c1-6-10-13-16-19-22-25-28-31-33-35-36-37-38-40-43-46-49-52-55-62-67-71-85(90)102-81(75-96-83(88)69-64-59-53-50-47-44-42-39-34-32-29-26-23-20-17-14-11-7-2)77-100-104(92,93)98-73-80(87)74-99-105(94,95)101-78-82(76-97-84(89)70-65-60-57-56-58-63-68-79(5)9-4)103-86(91)72-66-61-54-51-48-45-41-30-27-24-21-18-15-12-8-3/h24,27,30,41,79-82,87H,6-23,25-26,28-29,31-40,42-78H2,1-5H3,(H,92,93)(H,94,95)/b27-24-,41-30-/t79?,80-,81-,82-/m1/s1. The summed E-state index contributed by atoms with van der Waals surface area (Å²) in [4.78, 5) is 73.2. The van der Waals surface area contributed by atoms with Gasteiger partial charge in [-0.3, -0.25) is 37.3 Å². The van der Waals surface area contributed by atoms with Crippen LogP contribution in [0.15, 0.2) is 24.3 Å². The van der Waals surface area contributed by atoms with Crippen molar-refractivity contribution in [1.29, 1.82) is 0 Å². The molecule has 0 radical (unpaired) electrons. The summed E-state index contributed by atoms with van der Waals surface area (Å²) < 4.78 is 68.8. The molecule has 0 aromatic heterocycles. The molecule has 0 aliphatic rings. The Balaban J connectivity index is 5.25. The molecule has 0 aromatic carbocycles. The number of carbonyl (C=O) groups excluding carboxylic acids is 4. The van der Waals surface area contributed by atoms with E-state index >= 15 is 0 Å². The van der Waals surface area contributed by atoms with E-state index in [2.05, 4.69) is 58.9 Å². The molecule has 0 fully saturated rings. The molecule has 3 unspecified atom stereocenters. The smallest absolute Gasteiger partial charge is 0.462 e. The lowest BCUT2D eigenvalue weighted by atomic mass is 10.00. The van der Waals surface area contributed by atoms with E-state index in [9.17, 15) is 43.2 Å². The predicted molar refractivity (Wildman–Crippen MR) is 432 cm³/mol. The number of rotatable bonds is 84. The van der Waals surface area contributed by atoms with Crippen LogP contribution in [0, 0.1) is 5.92 Å². The molecule has 0 saturated carbocycles. The summed E-state index contributed by atoms with van der Waals surface area (Å²) in [5, 5.41) is 10.7. The molecule has 0 aliphatic carbocycles. The van der Waals surface area contributed by atoms with Crippen LogP contribution in [-0.2, 0) is 65.4 Å². The quantitative estimate of drug-likeness (QED) is 0.0169. The zero-order valence-electron chi connectivity index (χ0n) is 68.4. The van der Waals surface area contributed by atoms with Crippen molar-refractivity contribution in [3.8, 4) is 0 Å². The van der Waals surface area contributed by atoms with E-state index in [1.807, 2.05) is 0 Å². The highest BCUT2D eigenvalue weighted by atomic mass is 31.2. The number of hydrogen-bond donors (Lipinski definition) is 3.